The van der Waals surface area contributed by atoms with Crippen molar-refractivity contribution >= 4 is 18.0 Å². The summed E-state index contributed by atoms with van der Waals surface area (Å²) >= 11 is 4.61. The van der Waals surface area contributed by atoms with Crippen LogP contribution < -0.4 is 0 Å². The first kappa shape index (κ1) is 6.71. The van der Waals surface area contributed by atoms with E-state index < -0.39 is 0 Å². The molecule has 0 spiro atoms. The minimum atomic E-state index is 0.121. The van der Waals surface area contributed by atoms with E-state index in [9.17, 15) is 0 Å². The van der Waals surface area contributed by atoms with Crippen LogP contribution in [0.1, 0.15) is 0 Å². The average Bonchev–Trinajstić information content (AvgIpc) is 1.95. The third-order valence-corrected chi connectivity index (χ3v) is 1.18. The van der Waals surface area contributed by atoms with Crippen molar-refractivity contribution in [2.24, 2.45) is 0 Å². The summed E-state index contributed by atoms with van der Waals surface area (Å²) < 4.78 is 0.878. The van der Waals surface area contributed by atoms with Gasteiger partial charge in [-0.05, 0) is 0 Å². The minimum Gasteiger partial charge on any atom is -0.429 e. The third-order valence-electron chi connectivity index (χ3n) is 0.885. The molecule has 0 aliphatic heterocycles. The van der Waals surface area contributed by atoms with Crippen LogP contribution in [0.4, 0.5) is 5.82 Å². The topological polar surface area (TPSA) is 42.4 Å². The number of nitrogens with zero attached hydrogens (tertiary/aromatic N) is 3. The first-order chi connectivity index (χ1) is 4.74. The predicted molar refractivity (Wildman–Crippen MR) is 36.5 cm³/mol. The van der Waals surface area contributed by atoms with Gasteiger partial charge in [0.05, 0.1) is 6.20 Å². The Kier molecular flexibility index (Phi) is 1.65. The second-order valence-corrected chi connectivity index (χ2v) is 1.96. The second-order valence-electron chi connectivity index (χ2n) is 1.54. The number of hydrogen-bond acceptors (Lipinski definition) is 3. The van der Waals surface area contributed by atoms with Crippen molar-refractivity contribution in [2.75, 3.05) is 0 Å². The van der Waals surface area contributed by atoms with Crippen molar-refractivity contribution < 1.29 is 5.21 Å². The summed E-state index contributed by atoms with van der Waals surface area (Å²) in [5, 5.41) is 8.86. The van der Waals surface area contributed by atoms with Crippen LogP contribution in [-0.2, 0) is 0 Å². The van der Waals surface area contributed by atoms with Crippen LogP contribution in [0.3, 0.4) is 0 Å². The quantitative estimate of drug-likeness (QED) is 0.348. The standard InChI is InChI=1S/C5H3N3OS/c1-6-4-3-8(9)5(10)2-7-4/h2-3,9H. The van der Waals surface area contributed by atoms with Gasteiger partial charge in [-0.1, -0.05) is 18.8 Å². The lowest BCUT2D eigenvalue weighted by Crippen LogP contribution is -1.92. The monoisotopic (exact) mass is 153 g/mol. The molecule has 50 valence electrons. The Balaban J connectivity index is 3.34. The molecule has 1 rings (SSSR count). The van der Waals surface area contributed by atoms with E-state index in [1.807, 2.05) is 0 Å². The largest absolute Gasteiger partial charge is 0.429 e. The van der Waals surface area contributed by atoms with Gasteiger partial charge in [0.1, 0.15) is 0 Å². The summed E-state index contributed by atoms with van der Waals surface area (Å²) in [5.74, 6) is 0.121. The Labute approximate surface area is 62.2 Å². The van der Waals surface area contributed by atoms with Gasteiger partial charge in [0, 0.05) is 0 Å². The molecule has 0 unspecified atom stereocenters. The lowest BCUT2D eigenvalue weighted by molar-refractivity contribution is 0.180. The van der Waals surface area contributed by atoms with Gasteiger partial charge in [-0.15, -0.1) is 4.98 Å². The molecule has 0 aliphatic carbocycles. The van der Waals surface area contributed by atoms with Crippen LogP contribution in [0, 0.1) is 11.2 Å². The van der Waals surface area contributed by atoms with E-state index in [-0.39, 0.29) is 10.5 Å². The summed E-state index contributed by atoms with van der Waals surface area (Å²) in [6.45, 7) is 6.51. The highest BCUT2D eigenvalue weighted by Gasteiger charge is 1.93. The van der Waals surface area contributed by atoms with Crippen molar-refractivity contribution in [1.29, 1.82) is 0 Å². The SMILES string of the molecule is [C-]#[N+]c1cn(O)c(=S)cn1. The van der Waals surface area contributed by atoms with Crippen LogP contribution in [-0.4, -0.2) is 14.9 Å². The second kappa shape index (κ2) is 2.45. The molecule has 1 heterocycles. The Morgan fingerprint density at radius 2 is 2.50 bits per heavy atom. The summed E-state index contributed by atoms with van der Waals surface area (Å²) in [6.07, 6.45) is 2.41. The molecule has 1 N–H and O–H groups in total. The highest BCUT2D eigenvalue weighted by atomic mass is 32.1. The number of hydrogen-bond donors (Lipinski definition) is 1. The van der Waals surface area contributed by atoms with E-state index in [4.69, 9.17) is 11.8 Å². The molecule has 1 aromatic rings. The molecule has 0 fully saturated rings. The molecule has 1 aromatic heterocycles. The molecule has 0 aliphatic rings. The van der Waals surface area contributed by atoms with Crippen LogP contribution in [0.25, 0.3) is 4.85 Å². The zero-order valence-electron chi connectivity index (χ0n) is 4.85. The first-order valence-electron chi connectivity index (χ1n) is 2.39. The number of aromatic nitrogens is 2. The average molecular weight is 153 g/mol. The van der Waals surface area contributed by atoms with Crippen LogP contribution in [0.5, 0.6) is 0 Å². The molecule has 4 nitrogen and oxygen atoms in total. The van der Waals surface area contributed by atoms with Crippen LogP contribution >= 0.6 is 12.2 Å². The lowest BCUT2D eigenvalue weighted by atomic mass is 10.7. The molecule has 0 radical (unpaired) electrons. The smallest absolute Gasteiger partial charge is 0.289 e. The van der Waals surface area contributed by atoms with Gasteiger partial charge in [-0.3, -0.25) is 0 Å². The van der Waals surface area contributed by atoms with E-state index in [2.05, 4.69) is 22.0 Å². The maximum Gasteiger partial charge on any atom is 0.289 e. The highest BCUT2D eigenvalue weighted by molar-refractivity contribution is 7.71. The van der Waals surface area contributed by atoms with Crippen molar-refractivity contribution in [2.45, 2.75) is 0 Å². The molecule has 0 bridgehead atoms. The summed E-state index contributed by atoms with van der Waals surface area (Å²) in [6, 6.07) is 0. The Hall–Kier alpha value is -1.41. The summed E-state index contributed by atoms with van der Waals surface area (Å²) in [5.41, 5.74) is 0. The van der Waals surface area contributed by atoms with Gasteiger partial charge in [0.2, 0.25) is 0 Å². The normalized spacial score (nSPS) is 8.70. The Bertz CT molecular complexity index is 337. The molecule has 10 heavy (non-hydrogen) atoms. The fraction of sp³-hybridized carbons (Fsp3) is 0. The molecule has 0 saturated heterocycles. The maximum absolute atomic E-state index is 8.86. The minimum absolute atomic E-state index is 0.121. The zero-order chi connectivity index (χ0) is 7.56. The van der Waals surface area contributed by atoms with Gasteiger partial charge < -0.3 is 10.1 Å². The third kappa shape index (κ3) is 1.11. The zero-order valence-corrected chi connectivity index (χ0v) is 5.67. The highest BCUT2D eigenvalue weighted by Crippen LogP contribution is 2.03. The van der Waals surface area contributed by atoms with Crippen molar-refractivity contribution in [1.82, 2.24) is 9.71 Å². The van der Waals surface area contributed by atoms with Gasteiger partial charge in [-0.25, -0.2) is 0 Å². The first-order valence-corrected chi connectivity index (χ1v) is 2.80. The van der Waals surface area contributed by atoms with E-state index in [0.717, 1.165) is 6.20 Å². The molecular formula is C5H3N3OS. The molecule has 0 aromatic carbocycles. The molecule has 0 saturated carbocycles. The van der Waals surface area contributed by atoms with Gasteiger partial charge in [0.15, 0.2) is 10.8 Å². The lowest BCUT2D eigenvalue weighted by Gasteiger charge is -1.92. The molecule has 5 heteroatoms. The Morgan fingerprint density at radius 3 is 3.00 bits per heavy atom. The Morgan fingerprint density at radius 1 is 1.80 bits per heavy atom. The maximum atomic E-state index is 8.86. The summed E-state index contributed by atoms with van der Waals surface area (Å²) in [4.78, 5) is 6.60. The van der Waals surface area contributed by atoms with Gasteiger partial charge in [-0.2, -0.15) is 4.73 Å². The van der Waals surface area contributed by atoms with Crippen molar-refractivity contribution in [3.8, 4) is 0 Å². The van der Waals surface area contributed by atoms with E-state index in [1.165, 1.54) is 6.20 Å². The number of rotatable bonds is 0. The van der Waals surface area contributed by atoms with E-state index in [0.29, 0.717) is 4.73 Å². The van der Waals surface area contributed by atoms with E-state index >= 15 is 0 Å². The molecule has 0 atom stereocenters. The molecule has 0 amide bonds. The van der Waals surface area contributed by atoms with Crippen LogP contribution in [0.15, 0.2) is 12.4 Å². The fourth-order valence-electron chi connectivity index (χ4n) is 0.445. The molecular weight excluding hydrogens is 150 g/mol. The van der Waals surface area contributed by atoms with Gasteiger partial charge >= 0.3 is 0 Å². The van der Waals surface area contributed by atoms with Crippen LogP contribution in [0.2, 0.25) is 0 Å². The van der Waals surface area contributed by atoms with Gasteiger partial charge in [0.25, 0.3) is 5.82 Å². The van der Waals surface area contributed by atoms with Crippen molar-refractivity contribution in [3.05, 3.63) is 28.5 Å². The van der Waals surface area contributed by atoms with Crippen molar-refractivity contribution in [3.63, 3.8) is 0 Å². The fourth-order valence-corrected chi connectivity index (χ4v) is 0.550. The van der Waals surface area contributed by atoms with E-state index in [1.54, 1.807) is 0 Å². The summed E-state index contributed by atoms with van der Waals surface area (Å²) in [7, 11) is 0. The predicted octanol–water partition coefficient (Wildman–Crippen LogP) is 1.40.